The lowest BCUT2D eigenvalue weighted by Crippen LogP contribution is -2.38. The highest BCUT2D eigenvalue weighted by molar-refractivity contribution is 6.40. The number of pyridine rings is 1. The molecule has 0 bridgehead atoms. The maximum absolute atomic E-state index is 13.3. The van der Waals surface area contributed by atoms with E-state index < -0.39 is 23.8 Å². The molecule has 2 heterocycles. The van der Waals surface area contributed by atoms with Crippen LogP contribution in [0, 0.1) is 5.92 Å². The summed E-state index contributed by atoms with van der Waals surface area (Å²) in [5.74, 6) is -2.19. The van der Waals surface area contributed by atoms with Crippen molar-refractivity contribution in [3.63, 3.8) is 0 Å². The van der Waals surface area contributed by atoms with E-state index in [1.54, 1.807) is 12.1 Å². The zero-order chi connectivity index (χ0) is 23.9. The highest BCUT2D eigenvalue weighted by Crippen LogP contribution is 2.32. The van der Waals surface area contributed by atoms with Crippen molar-refractivity contribution < 1.29 is 24.3 Å². The average Bonchev–Trinajstić information content (AvgIpc) is 3.52. The minimum absolute atomic E-state index is 0.00223. The Morgan fingerprint density at radius 3 is 2.42 bits per heavy atom. The van der Waals surface area contributed by atoms with E-state index in [2.05, 4.69) is 15.6 Å². The van der Waals surface area contributed by atoms with Crippen molar-refractivity contribution in [2.45, 2.75) is 25.8 Å². The number of benzene rings is 1. The summed E-state index contributed by atoms with van der Waals surface area (Å²) in [5, 5.41) is 14.5. The summed E-state index contributed by atoms with van der Waals surface area (Å²) in [5.41, 5.74) is 0.477. The lowest BCUT2D eigenvalue weighted by Gasteiger charge is -2.13. The molecule has 1 fully saturated rings. The molecule has 170 valence electrons. The summed E-state index contributed by atoms with van der Waals surface area (Å²) in [7, 11) is 0. The molecule has 2 amide bonds. The third-order valence-electron chi connectivity index (χ3n) is 5.26. The largest absolute Gasteiger partial charge is 0.480 e. The Balaban J connectivity index is 1.64. The van der Waals surface area contributed by atoms with Gasteiger partial charge in [-0.3, -0.25) is 23.7 Å². The van der Waals surface area contributed by atoms with Gasteiger partial charge in [-0.05, 0) is 44.0 Å². The van der Waals surface area contributed by atoms with E-state index in [-0.39, 0.29) is 33.0 Å². The zero-order valence-corrected chi connectivity index (χ0v) is 18.8. The topological polar surface area (TPSA) is 130 Å². The smallest absolute Gasteiger partial charge is 0.325 e. The van der Waals surface area contributed by atoms with Gasteiger partial charge in [0, 0.05) is 29.3 Å². The van der Waals surface area contributed by atoms with E-state index >= 15 is 0 Å². The van der Waals surface area contributed by atoms with Crippen molar-refractivity contribution in [1.82, 2.24) is 14.9 Å². The SMILES string of the molecule is CC(NC(=O)c1cc(Cl)c(C(=O)n2ccc3c(NC(=O)C4CC4)nccc32)c(Cl)c1)C(=O)O. The monoisotopic (exact) mass is 488 g/mol. The van der Waals surface area contributed by atoms with Gasteiger partial charge in [0.2, 0.25) is 5.91 Å². The number of hydrogen-bond acceptors (Lipinski definition) is 5. The molecule has 1 unspecified atom stereocenters. The Kier molecular flexibility index (Phi) is 6.09. The van der Waals surface area contributed by atoms with Gasteiger partial charge in [-0.1, -0.05) is 23.2 Å². The first kappa shape index (κ1) is 22.8. The van der Waals surface area contributed by atoms with E-state index in [1.165, 1.54) is 36.0 Å². The highest BCUT2D eigenvalue weighted by atomic mass is 35.5. The van der Waals surface area contributed by atoms with Gasteiger partial charge in [0.15, 0.2) is 0 Å². The molecule has 1 saturated carbocycles. The van der Waals surface area contributed by atoms with Crippen molar-refractivity contribution in [2.24, 2.45) is 5.92 Å². The molecule has 0 aliphatic heterocycles. The van der Waals surface area contributed by atoms with E-state index in [9.17, 15) is 19.2 Å². The van der Waals surface area contributed by atoms with Gasteiger partial charge in [0.05, 0.1) is 21.1 Å². The molecule has 33 heavy (non-hydrogen) atoms. The molecular weight excluding hydrogens is 471 g/mol. The van der Waals surface area contributed by atoms with Gasteiger partial charge in [-0.15, -0.1) is 0 Å². The maximum atomic E-state index is 13.3. The van der Waals surface area contributed by atoms with Crippen molar-refractivity contribution in [1.29, 1.82) is 0 Å². The minimum atomic E-state index is -1.20. The van der Waals surface area contributed by atoms with Crippen LogP contribution < -0.4 is 10.6 Å². The predicted octanol–water partition coefficient (Wildman–Crippen LogP) is 3.58. The van der Waals surface area contributed by atoms with Gasteiger partial charge in [0.1, 0.15) is 11.9 Å². The Morgan fingerprint density at radius 2 is 1.82 bits per heavy atom. The second-order valence-corrected chi connectivity index (χ2v) is 8.51. The van der Waals surface area contributed by atoms with Gasteiger partial charge in [-0.25, -0.2) is 4.98 Å². The molecule has 4 rings (SSSR count). The van der Waals surface area contributed by atoms with Crippen molar-refractivity contribution in [3.05, 3.63) is 57.8 Å². The Morgan fingerprint density at radius 1 is 1.15 bits per heavy atom. The fourth-order valence-corrected chi connectivity index (χ4v) is 3.93. The molecular formula is C22H18Cl2N4O5. The van der Waals surface area contributed by atoms with Crippen LogP contribution in [0.4, 0.5) is 5.82 Å². The standard InChI is InChI=1S/C22H18Cl2N4O5/c1-10(22(32)33)26-20(30)12-8-14(23)17(15(24)9-12)21(31)28-7-5-13-16(28)4-6-25-18(13)27-19(29)11-2-3-11/h4-11H,2-3H2,1H3,(H,26,30)(H,32,33)(H,25,27,29). The van der Waals surface area contributed by atoms with E-state index in [4.69, 9.17) is 28.3 Å². The molecule has 3 N–H and O–H groups in total. The summed E-state index contributed by atoms with van der Waals surface area (Å²) >= 11 is 12.6. The number of rotatable bonds is 6. The lowest BCUT2D eigenvalue weighted by atomic mass is 10.1. The first-order chi connectivity index (χ1) is 15.7. The Bertz CT molecular complexity index is 1290. The highest BCUT2D eigenvalue weighted by Gasteiger charge is 2.30. The third-order valence-corrected chi connectivity index (χ3v) is 5.86. The number of nitrogens with zero attached hydrogens (tertiary/aromatic N) is 2. The quantitative estimate of drug-likeness (QED) is 0.485. The molecule has 1 atom stereocenters. The molecule has 1 aromatic carbocycles. The summed E-state index contributed by atoms with van der Waals surface area (Å²) in [6.07, 6.45) is 4.70. The number of nitrogens with one attached hydrogen (secondary N) is 2. The molecule has 1 aliphatic rings. The van der Waals surface area contributed by atoms with E-state index in [0.29, 0.717) is 16.7 Å². The number of carbonyl (C=O) groups excluding carboxylic acids is 3. The zero-order valence-electron chi connectivity index (χ0n) is 17.3. The molecule has 2 aromatic heterocycles. The number of carboxylic acid groups (broad SMARTS) is 1. The Labute approximate surface area is 197 Å². The first-order valence-electron chi connectivity index (χ1n) is 10.0. The molecule has 9 nitrogen and oxygen atoms in total. The fourth-order valence-electron chi connectivity index (χ4n) is 3.28. The number of fused-ring (bicyclic) bond motifs is 1. The molecule has 3 aromatic rings. The molecule has 11 heteroatoms. The van der Waals surface area contributed by atoms with Crippen molar-refractivity contribution in [3.8, 4) is 0 Å². The summed E-state index contributed by atoms with van der Waals surface area (Å²) < 4.78 is 1.32. The number of carbonyl (C=O) groups is 4. The van der Waals surface area contributed by atoms with Gasteiger partial charge in [-0.2, -0.15) is 0 Å². The second-order valence-electron chi connectivity index (χ2n) is 7.70. The molecule has 0 radical (unpaired) electrons. The van der Waals surface area contributed by atoms with Crippen LogP contribution in [0.15, 0.2) is 36.7 Å². The third kappa shape index (κ3) is 4.55. The van der Waals surface area contributed by atoms with Crippen LogP contribution in [0.1, 0.15) is 40.5 Å². The summed E-state index contributed by atoms with van der Waals surface area (Å²) in [6, 6.07) is 4.65. The predicted molar refractivity (Wildman–Crippen MR) is 122 cm³/mol. The van der Waals surface area contributed by atoms with Crippen LogP contribution in [-0.4, -0.2) is 44.4 Å². The normalized spacial score (nSPS) is 14.0. The van der Waals surface area contributed by atoms with Crippen LogP contribution >= 0.6 is 23.2 Å². The minimum Gasteiger partial charge on any atom is -0.480 e. The second kappa shape index (κ2) is 8.84. The van der Waals surface area contributed by atoms with Crippen molar-refractivity contribution in [2.75, 3.05) is 5.32 Å². The molecule has 0 saturated heterocycles. The number of aliphatic carboxylic acids is 1. The number of halogens is 2. The lowest BCUT2D eigenvalue weighted by molar-refractivity contribution is -0.138. The number of amides is 2. The Hall–Kier alpha value is -3.43. The van der Waals surface area contributed by atoms with E-state index in [0.717, 1.165) is 12.8 Å². The van der Waals surface area contributed by atoms with Crippen LogP contribution in [0.2, 0.25) is 10.0 Å². The summed E-state index contributed by atoms with van der Waals surface area (Å²) in [4.78, 5) is 52.9. The van der Waals surface area contributed by atoms with Gasteiger partial charge < -0.3 is 15.7 Å². The van der Waals surface area contributed by atoms with Crippen LogP contribution in [-0.2, 0) is 9.59 Å². The van der Waals surface area contributed by atoms with Crippen LogP contribution in [0.25, 0.3) is 10.9 Å². The van der Waals surface area contributed by atoms with Crippen LogP contribution in [0.5, 0.6) is 0 Å². The molecule has 0 spiro atoms. The average molecular weight is 489 g/mol. The first-order valence-corrected chi connectivity index (χ1v) is 10.8. The fraction of sp³-hybridized carbons (Fsp3) is 0.227. The van der Waals surface area contributed by atoms with E-state index in [1.807, 2.05) is 0 Å². The van der Waals surface area contributed by atoms with Gasteiger partial charge >= 0.3 is 5.97 Å². The number of anilines is 1. The maximum Gasteiger partial charge on any atom is 0.325 e. The summed E-state index contributed by atoms with van der Waals surface area (Å²) in [6.45, 7) is 1.31. The molecule has 1 aliphatic carbocycles. The number of carboxylic acids is 1. The number of hydrogen-bond donors (Lipinski definition) is 3. The van der Waals surface area contributed by atoms with Gasteiger partial charge in [0.25, 0.3) is 11.8 Å². The number of aromatic nitrogens is 2. The van der Waals surface area contributed by atoms with Crippen molar-refractivity contribution >= 4 is 63.6 Å². The van der Waals surface area contributed by atoms with Crippen LogP contribution in [0.3, 0.4) is 0 Å².